The summed E-state index contributed by atoms with van der Waals surface area (Å²) >= 11 is 0. The van der Waals surface area contributed by atoms with Gasteiger partial charge in [-0.05, 0) is 32.6 Å². The number of allylic oxidation sites excluding steroid dienone is 2. The molecule has 126 valence electrons. The van der Waals surface area contributed by atoms with Crippen LogP contribution in [0.2, 0.25) is 0 Å². The molecule has 2 unspecified atom stereocenters. The average molecular weight is 308 g/mol. The van der Waals surface area contributed by atoms with Crippen LogP contribution < -0.4 is 0 Å². The lowest BCUT2D eigenvalue weighted by molar-refractivity contribution is -0.138. The van der Waals surface area contributed by atoms with Gasteiger partial charge < -0.3 is 9.84 Å². The number of unbranched alkanes of at least 4 members (excludes halogenated alkanes) is 10. The fraction of sp³-hybridized carbons (Fsp3) is 0.737. The summed E-state index contributed by atoms with van der Waals surface area (Å²) in [5.41, 5.74) is 0.451. The number of ether oxygens (including phenoxy) is 1. The van der Waals surface area contributed by atoms with Gasteiger partial charge in [-0.25, -0.2) is 4.79 Å². The third-order valence-electron chi connectivity index (χ3n) is 4.27. The van der Waals surface area contributed by atoms with E-state index in [1.165, 1.54) is 51.4 Å². The van der Waals surface area contributed by atoms with E-state index in [2.05, 4.69) is 6.58 Å². The molecule has 1 fully saturated rings. The van der Waals surface area contributed by atoms with Crippen molar-refractivity contribution in [2.75, 3.05) is 0 Å². The molecule has 0 bridgehead atoms. The quantitative estimate of drug-likeness (QED) is 0.246. The average Bonchev–Trinajstić information content (AvgIpc) is 2.74. The zero-order chi connectivity index (χ0) is 16.2. The highest BCUT2D eigenvalue weighted by Crippen LogP contribution is 2.22. The van der Waals surface area contributed by atoms with Gasteiger partial charge in [0.2, 0.25) is 0 Å². The number of cyclic esters (lactones) is 1. The Kier molecular flexibility index (Phi) is 9.89. The topological polar surface area (TPSA) is 46.5 Å². The largest absolute Gasteiger partial charge is 0.456 e. The van der Waals surface area contributed by atoms with Gasteiger partial charge in [0.15, 0.2) is 0 Å². The van der Waals surface area contributed by atoms with Gasteiger partial charge in [0.05, 0.1) is 5.57 Å². The molecule has 0 spiro atoms. The smallest absolute Gasteiger partial charge is 0.336 e. The van der Waals surface area contributed by atoms with Crippen LogP contribution in [0.5, 0.6) is 0 Å². The third kappa shape index (κ3) is 7.26. The first-order valence-electron chi connectivity index (χ1n) is 8.86. The Bertz CT molecular complexity index is 360. The van der Waals surface area contributed by atoms with Crippen molar-refractivity contribution in [3.63, 3.8) is 0 Å². The fourth-order valence-corrected chi connectivity index (χ4v) is 2.81. The maximum Gasteiger partial charge on any atom is 0.336 e. The highest BCUT2D eigenvalue weighted by molar-refractivity contribution is 5.92. The minimum Gasteiger partial charge on any atom is -0.456 e. The predicted octanol–water partition coefficient (Wildman–Crippen LogP) is 4.70. The lowest BCUT2D eigenvalue weighted by Gasteiger charge is -2.04. The molecule has 0 radical (unpaired) electrons. The molecule has 1 aliphatic rings. The molecule has 0 amide bonds. The molecule has 1 saturated heterocycles. The van der Waals surface area contributed by atoms with Gasteiger partial charge in [0, 0.05) is 0 Å². The third-order valence-corrected chi connectivity index (χ3v) is 4.27. The van der Waals surface area contributed by atoms with E-state index in [1.54, 1.807) is 6.92 Å². The second kappa shape index (κ2) is 11.5. The highest BCUT2D eigenvalue weighted by Gasteiger charge is 2.34. The Morgan fingerprint density at radius 3 is 1.95 bits per heavy atom. The molecule has 1 rings (SSSR count). The van der Waals surface area contributed by atoms with Crippen LogP contribution in [0, 0.1) is 0 Å². The predicted molar refractivity (Wildman–Crippen MR) is 90.6 cm³/mol. The zero-order valence-corrected chi connectivity index (χ0v) is 14.1. The first-order valence-corrected chi connectivity index (χ1v) is 8.86. The Morgan fingerprint density at radius 1 is 1.00 bits per heavy atom. The van der Waals surface area contributed by atoms with Crippen LogP contribution in [0.3, 0.4) is 0 Å². The standard InChI is InChI=1S/C19H32O3/c1-3-4-5-6-7-8-9-10-11-12-13-14-15-17-18(20)16(2)22-19(17)21/h3,15-16,18,20H,1,4-14H2,2H3. The van der Waals surface area contributed by atoms with E-state index >= 15 is 0 Å². The van der Waals surface area contributed by atoms with E-state index in [1.807, 2.05) is 12.2 Å². The minimum absolute atomic E-state index is 0.351. The van der Waals surface area contributed by atoms with Crippen LogP contribution in [0.4, 0.5) is 0 Å². The van der Waals surface area contributed by atoms with Crippen molar-refractivity contribution in [2.45, 2.75) is 89.8 Å². The molecule has 0 aromatic carbocycles. The second-order valence-electron chi connectivity index (χ2n) is 6.26. The number of carbonyl (C=O) groups excluding carboxylic acids is 1. The Morgan fingerprint density at radius 2 is 1.50 bits per heavy atom. The van der Waals surface area contributed by atoms with Crippen molar-refractivity contribution < 1.29 is 14.6 Å². The number of hydrogen-bond donors (Lipinski definition) is 1. The van der Waals surface area contributed by atoms with Crippen LogP contribution in [-0.4, -0.2) is 23.3 Å². The van der Waals surface area contributed by atoms with Crippen LogP contribution >= 0.6 is 0 Å². The Hall–Kier alpha value is -1.09. The van der Waals surface area contributed by atoms with Crippen molar-refractivity contribution in [1.82, 2.24) is 0 Å². The van der Waals surface area contributed by atoms with Gasteiger partial charge in [-0.15, -0.1) is 6.58 Å². The number of rotatable bonds is 12. The molecule has 1 heterocycles. The van der Waals surface area contributed by atoms with Crippen molar-refractivity contribution in [3.8, 4) is 0 Å². The summed E-state index contributed by atoms with van der Waals surface area (Å²) in [5.74, 6) is -0.351. The van der Waals surface area contributed by atoms with Crippen LogP contribution in [0.15, 0.2) is 24.3 Å². The lowest BCUT2D eigenvalue weighted by Crippen LogP contribution is -2.17. The minimum atomic E-state index is -0.742. The summed E-state index contributed by atoms with van der Waals surface area (Å²) in [7, 11) is 0. The van der Waals surface area contributed by atoms with E-state index in [-0.39, 0.29) is 5.97 Å². The van der Waals surface area contributed by atoms with Gasteiger partial charge in [-0.2, -0.15) is 0 Å². The lowest BCUT2D eigenvalue weighted by atomic mass is 10.0. The first-order chi connectivity index (χ1) is 10.7. The summed E-state index contributed by atoms with van der Waals surface area (Å²) in [5, 5.41) is 9.79. The van der Waals surface area contributed by atoms with Gasteiger partial charge in [0.25, 0.3) is 0 Å². The Balaban J connectivity index is 1.94. The molecule has 2 atom stereocenters. The Labute approximate surface area is 135 Å². The van der Waals surface area contributed by atoms with E-state index in [0.717, 1.165) is 19.3 Å². The molecule has 3 heteroatoms. The molecule has 22 heavy (non-hydrogen) atoms. The van der Waals surface area contributed by atoms with Crippen molar-refractivity contribution in [1.29, 1.82) is 0 Å². The summed E-state index contributed by atoms with van der Waals surface area (Å²) in [6.45, 7) is 5.46. The molecule has 0 aromatic rings. The SMILES string of the molecule is C=CCCCCCCCCCCCC=C1C(=O)OC(C)C1O. The van der Waals surface area contributed by atoms with E-state index in [0.29, 0.717) is 5.57 Å². The molecule has 0 aromatic heterocycles. The van der Waals surface area contributed by atoms with Crippen LogP contribution in [0.1, 0.15) is 77.6 Å². The van der Waals surface area contributed by atoms with Gasteiger partial charge >= 0.3 is 5.97 Å². The monoisotopic (exact) mass is 308 g/mol. The van der Waals surface area contributed by atoms with Crippen LogP contribution in [-0.2, 0) is 9.53 Å². The van der Waals surface area contributed by atoms with Gasteiger partial charge in [0.1, 0.15) is 12.2 Å². The summed E-state index contributed by atoms with van der Waals surface area (Å²) in [4.78, 5) is 11.5. The molecule has 1 N–H and O–H groups in total. The number of hydrogen-bond acceptors (Lipinski definition) is 3. The molecule has 0 saturated carbocycles. The first kappa shape index (κ1) is 19.0. The van der Waals surface area contributed by atoms with E-state index < -0.39 is 12.2 Å². The number of aliphatic hydroxyl groups excluding tert-OH is 1. The molecular formula is C19H32O3. The maximum absolute atomic E-state index is 11.5. The molecule has 1 aliphatic heterocycles. The zero-order valence-electron chi connectivity index (χ0n) is 14.1. The highest BCUT2D eigenvalue weighted by atomic mass is 16.6. The van der Waals surface area contributed by atoms with E-state index in [9.17, 15) is 9.90 Å². The summed E-state index contributed by atoms with van der Waals surface area (Å²) in [6.07, 6.45) is 16.2. The fourth-order valence-electron chi connectivity index (χ4n) is 2.81. The normalized spacial score (nSPS) is 23.0. The molecular weight excluding hydrogens is 276 g/mol. The van der Waals surface area contributed by atoms with Crippen molar-refractivity contribution in [3.05, 3.63) is 24.3 Å². The maximum atomic E-state index is 11.5. The molecule has 0 aliphatic carbocycles. The van der Waals surface area contributed by atoms with Crippen LogP contribution in [0.25, 0.3) is 0 Å². The van der Waals surface area contributed by atoms with Crippen molar-refractivity contribution in [2.24, 2.45) is 0 Å². The number of esters is 1. The van der Waals surface area contributed by atoms with Crippen molar-refractivity contribution >= 4 is 5.97 Å². The summed E-state index contributed by atoms with van der Waals surface area (Å²) in [6, 6.07) is 0. The molecule has 3 nitrogen and oxygen atoms in total. The summed E-state index contributed by atoms with van der Waals surface area (Å²) < 4.78 is 4.98. The van der Waals surface area contributed by atoms with Gasteiger partial charge in [-0.1, -0.05) is 57.1 Å². The number of aliphatic hydroxyl groups is 1. The van der Waals surface area contributed by atoms with E-state index in [4.69, 9.17) is 4.74 Å². The second-order valence-corrected chi connectivity index (χ2v) is 6.26. The van der Waals surface area contributed by atoms with Gasteiger partial charge in [-0.3, -0.25) is 0 Å². The number of carbonyl (C=O) groups is 1.